The topological polar surface area (TPSA) is 54.3 Å². The van der Waals surface area contributed by atoms with Crippen LogP contribution in [-0.4, -0.2) is 24.0 Å². The van der Waals surface area contributed by atoms with Crippen molar-refractivity contribution in [2.75, 3.05) is 6.54 Å². The number of carbonyl (C=O) groups is 1. The van der Waals surface area contributed by atoms with E-state index in [9.17, 15) is 4.79 Å². The third-order valence-electron chi connectivity index (χ3n) is 4.62. The molecule has 0 aliphatic carbocycles. The molecule has 1 fully saturated rings. The lowest BCUT2D eigenvalue weighted by atomic mass is 9.96. The minimum Gasteiger partial charge on any atom is -0.463 e. The summed E-state index contributed by atoms with van der Waals surface area (Å²) < 4.78 is 5.55. The molecule has 0 bridgehead atoms. The third-order valence-corrected chi connectivity index (χ3v) is 4.62. The van der Waals surface area contributed by atoms with E-state index in [0.717, 1.165) is 23.9 Å². The third kappa shape index (κ3) is 2.44. The van der Waals surface area contributed by atoms with Crippen LogP contribution in [-0.2, 0) is 0 Å². The number of benzene rings is 1. The molecule has 1 aliphatic heterocycles. The van der Waals surface area contributed by atoms with Crippen LogP contribution in [0.25, 0.3) is 11.0 Å². The van der Waals surface area contributed by atoms with Crippen LogP contribution < -0.4 is 10.6 Å². The van der Waals surface area contributed by atoms with Crippen LogP contribution in [0.3, 0.4) is 0 Å². The summed E-state index contributed by atoms with van der Waals surface area (Å²) in [6.07, 6.45) is 2.51. The highest BCUT2D eigenvalue weighted by Gasteiger charge is 2.35. The van der Waals surface area contributed by atoms with Crippen LogP contribution in [0.2, 0.25) is 0 Å². The second-order valence-electron chi connectivity index (χ2n) is 6.55. The molecule has 2 aromatic rings. The van der Waals surface area contributed by atoms with Gasteiger partial charge in [-0.2, -0.15) is 0 Å². The maximum atomic E-state index is 12.6. The zero-order valence-electron chi connectivity index (χ0n) is 13.0. The van der Waals surface area contributed by atoms with Crippen molar-refractivity contribution in [1.29, 1.82) is 0 Å². The summed E-state index contributed by atoms with van der Waals surface area (Å²) in [6.45, 7) is 9.26. The van der Waals surface area contributed by atoms with Gasteiger partial charge in [0, 0.05) is 17.0 Å². The Kier molecular flexibility index (Phi) is 3.29. The number of carbonyl (C=O) groups excluding carboxylic acids is 1. The normalized spacial score (nSPS) is 20.9. The second-order valence-corrected chi connectivity index (χ2v) is 6.55. The van der Waals surface area contributed by atoms with Crippen LogP contribution in [0, 0.1) is 13.8 Å². The van der Waals surface area contributed by atoms with Gasteiger partial charge in [-0.05, 0) is 63.9 Å². The lowest BCUT2D eigenvalue weighted by Crippen LogP contribution is -2.50. The van der Waals surface area contributed by atoms with Gasteiger partial charge >= 0.3 is 0 Å². The summed E-state index contributed by atoms with van der Waals surface area (Å²) in [6, 6.07) is 4.16. The van der Waals surface area contributed by atoms with Crippen molar-refractivity contribution in [2.45, 2.75) is 45.7 Å². The van der Waals surface area contributed by atoms with E-state index in [1.165, 1.54) is 11.1 Å². The fourth-order valence-corrected chi connectivity index (χ4v) is 2.97. The number of rotatable bonds is 2. The Labute approximate surface area is 124 Å². The fourth-order valence-electron chi connectivity index (χ4n) is 2.97. The molecule has 0 saturated carbocycles. The predicted molar refractivity (Wildman–Crippen MR) is 83.6 cm³/mol. The summed E-state index contributed by atoms with van der Waals surface area (Å²) in [5, 5.41) is 7.44. The molecule has 1 aliphatic rings. The number of hydrogen-bond acceptors (Lipinski definition) is 3. The fraction of sp³-hybridized carbons (Fsp3) is 0.471. The Morgan fingerprint density at radius 1 is 1.33 bits per heavy atom. The van der Waals surface area contributed by atoms with Gasteiger partial charge in [0.25, 0.3) is 5.91 Å². The predicted octanol–water partition coefficient (Wildman–Crippen LogP) is 2.92. The van der Waals surface area contributed by atoms with Crippen LogP contribution in [0.4, 0.5) is 0 Å². The van der Waals surface area contributed by atoms with E-state index >= 15 is 0 Å². The van der Waals surface area contributed by atoms with Gasteiger partial charge < -0.3 is 15.1 Å². The molecule has 4 nitrogen and oxygen atoms in total. The smallest absolute Gasteiger partial charge is 0.255 e. The molecule has 4 heteroatoms. The monoisotopic (exact) mass is 286 g/mol. The molecule has 1 unspecified atom stereocenters. The van der Waals surface area contributed by atoms with Crippen molar-refractivity contribution < 1.29 is 9.21 Å². The molecule has 1 aromatic heterocycles. The summed E-state index contributed by atoms with van der Waals surface area (Å²) in [4.78, 5) is 12.6. The first-order valence-corrected chi connectivity index (χ1v) is 7.43. The van der Waals surface area contributed by atoms with Crippen LogP contribution in [0.1, 0.15) is 41.8 Å². The zero-order valence-corrected chi connectivity index (χ0v) is 13.0. The first-order valence-electron chi connectivity index (χ1n) is 7.43. The van der Waals surface area contributed by atoms with Crippen molar-refractivity contribution in [2.24, 2.45) is 0 Å². The van der Waals surface area contributed by atoms with E-state index in [-0.39, 0.29) is 17.5 Å². The van der Waals surface area contributed by atoms with Crippen LogP contribution >= 0.6 is 0 Å². The van der Waals surface area contributed by atoms with E-state index in [1.807, 2.05) is 26.0 Å². The van der Waals surface area contributed by atoms with Gasteiger partial charge in [0.15, 0.2) is 0 Å². The van der Waals surface area contributed by atoms with E-state index in [2.05, 4.69) is 24.5 Å². The maximum Gasteiger partial charge on any atom is 0.255 e. The van der Waals surface area contributed by atoms with Crippen molar-refractivity contribution >= 4 is 16.9 Å². The molecule has 1 atom stereocenters. The van der Waals surface area contributed by atoms with E-state index < -0.39 is 0 Å². The molecule has 112 valence electrons. The van der Waals surface area contributed by atoms with Crippen LogP contribution in [0.5, 0.6) is 0 Å². The average molecular weight is 286 g/mol. The molecule has 1 saturated heterocycles. The van der Waals surface area contributed by atoms with E-state index in [4.69, 9.17) is 4.42 Å². The molecule has 2 heterocycles. The second kappa shape index (κ2) is 4.88. The summed E-state index contributed by atoms with van der Waals surface area (Å²) in [7, 11) is 0. The average Bonchev–Trinajstić information content (AvgIpc) is 2.94. The number of aryl methyl sites for hydroxylation is 2. The van der Waals surface area contributed by atoms with Gasteiger partial charge in [-0.15, -0.1) is 0 Å². The highest BCUT2D eigenvalue weighted by Crippen LogP contribution is 2.26. The number of hydrogen-bond donors (Lipinski definition) is 2. The quantitative estimate of drug-likeness (QED) is 0.892. The Bertz CT molecular complexity index is 700. The van der Waals surface area contributed by atoms with Gasteiger partial charge in [0.2, 0.25) is 0 Å². The van der Waals surface area contributed by atoms with Crippen LogP contribution in [0.15, 0.2) is 22.8 Å². The molecule has 1 amide bonds. The Balaban J connectivity index is 1.90. The first kappa shape index (κ1) is 14.1. The summed E-state index contributed by atoms with van der Waals surface area (Å²) in [5.74, 6) is -0.0567. The van der Waals surface area contributed by atoms with E-state index in [1.54, 1.807) is 6.26 Å². The lowest BCUT2D eigenvalue weighted by Gasteiger charge is -2.27. The summed E-state index contributed by atoms with van der Waals surface area (Å²) >= 11 is 0. The van der Waals surface area contributed by atoms with Gasteiger partial charge in [0.05, 0.1) is 5.56 Å². The highest BCUT2D eigenvalue weighted by molar-refractivity contribution is 6.06. The highest BCUT2D eigenvalue weighted by atomic mass is 16.3. The number of amides is 1. The Morgan fingerprint density at radius 3 is 2.71 bits per heavy atom. The van der Waals surface area contributed by atoms with Crippen molar-refractivity contribution in [3.8, 4) is 0 Å². The van der Waals surface area contributed by atoms with Gasteiger partial charge in [-0.25, -0.2) is 0 Å². The Hall–Kier alpha value is -1.81. The molecule has 0 spiro atoms. The minimum atomic E-state index is -0.0678. The standard InChI is InChI=1S/C17H22N2O2/c1-10-7-12-13(9-21-14(12)8-11(10)2)16(20)19-15-5-6-18-17(15,3)4/h7-9,15,18H,5-6H2,1-4H3,(H,19,20). The molecule has 3 rings (SSSR count). The minimum absolute atomic E-state index is 0.0567. The van der Waals surface area contributed by atoms with Crippen molar-refractivity contribution in [3.05, 3.63) is 35.1 Å². The van der Waals surface area contributed by atoms with E-state index in [0.29, 0.717) is 5.56 Å². The van der Waals surface area contributed by atoms with Crippen molar-refractivity contribution in [1.82, 2.24) is 10.6 Å². The van der Waals surface area contributed by atoms with Crippen molar-refractivity contribution in [3.63, 3.8) is 0 Å². The molecule has 0 radical (unpaired) electrons. The SMILES string of the molecule is Cc1cc2occ(C(=O)NC3CCNC3(C)C)c2cc1C. The molecule has 1 aromatic carbocycles. The summed E-state index contributed by atoms with van der Waals surface area (Å²) in [5.41, 5.74) is 3.66. The number of nitrogens with one attached hydrogen (secondary N) is 2. The largest absolute Gasteiger partial charge is 0.463 e. The molecule has 21 heavy (non-hydrogen) atoms. The number of furan rings is 1. The first-order chi connectivity index (χ1) is 9.88. The van der Waals surface area contributed by atoms with Gasteiger partial charge in [-0.1, -0.05) is 0 Å². The zero-order chi connectivity index (χ0) is 15.2. The molecular formula is C17H22N2O2. The van der Waals surface area contributed by atoms with Gasteiger partial charge in [0.1, 0.15) is 11.8 Å². The van der Waals surface area contributed by atoms with Gasteiger partial charge in [-0.3, -0.25) is 4.79 Å². The lowest BCUT2D eigenvalue weighted by molar-refractivity contribution is 0.0924. The molecular weight excluding hydrogens is 264 g/mol. The molecule has 2 N–H and O–H groups in total. The Morgan fingerprint density at radius 2 is 2.05 bits per heavy atom. The maximum absolute atomic E-state index is 12.6. The number of fused-ring (bicyclic) bond motifs is 1.